The Balaban J connectivity index is 1.65. The Morgan fingerprint density at radius 3 is 2.60 bits per heavy atom. The first-order chi connectivity index (χ1) is 9.78. The number of hydrogen-bond donors (Lipinski definition) is 1. The lowest BCUT2D eigenvalue weighted by molar-refractivity contribution is 0.359. The fourth-order valence-electron chi connectivity index (χ4n) is 2.80. The molecule has 20 heavy (non-hydrogen) atoms. The van der Waals surface area contributed by atoms with Gasteiger partial charge in [0.05, 0.1) is 0 Å². The average molecular weight is 334 g/mol. The van der Waals surface area contributed by atoms with E-state index >= 15 is 0 Å². The molecule has 0 bridgehead atoms. The Labute approximate surface area is 129 Å². The molecule has 1 aromatic rings. The van der Waals surface area contributed by atoms with Crippen LogP contribution in [-0.4, -0.2) is 12.6 Å². The zero-order valence-electron chi connectivity index (χ0n) is 11.6. The van der Waals surface area contributed by atoms with Gasteiger partial charge < -0.3 is 10.1 Å². The molecule has 0 unspecified atom stereocenters. The van der Waals surface area contributed by atoms with E-state index in [1.54, 1.807) is 0 Å². The number of ether oxygens (including phenoxy) is 1. The Kier molecular flexibility index (Phi) is 4.33. The highest BCUT2D eigenvalue weighted by molar-refractivity contribution is 9.10. The van der Waals surface area contributed by atoms with Crippen molar-refractivity contribution in [3.05, 3.63) is 28.2 Å². The number of hydrogen-bond acceptors (Lipinski definition) is 2. The third-order valence-corrected chi connectivity index (χ3v) is 4.61. The molecule has 1 aromatic carbocycles. The smallest absolute Gasteiger partial charge is 0.148 e. The van der Waals surface area contributed by atoms with Crippen LogP contribution in [0.15, 0.2) is 22.7 Å². The fourth-order valence-corrected chi connectivity index (χ4v) is 3.21. The number of benzene rings is 1. The summed E-state index contributed by atoms with van der Waals surface area (Å²) in [6.07, 6.45) is 10.9. The molecule has 2 saturated carbocycles. The molecule has 2 nitrogen and oxygen atoms in total. The summed E-state index contributed by atoms with van der Waals surface area (Å²) in [7, 11) is 0. The number of nitrogens with one attached hydrogen (secondary N) is 1. The summed E-state index contributed by atoms with van der Waals surface area (Å²) >= 11 is 3.53. The maximum atomic E-state index is 5.63. The Bertz CT molecular complexity index is 502. The topological polar surface area (TPSA) is 21.3 Å². The molecule has 3 heteroatoms. The van der Waals surface area contributed by atoms with E-state index in [1.807, 2.05) is 12.1 Å². The second-order valence-corrected chi connectivity index (χ2v) is 6.74. The van der Waals surface area contributed by atoms with Gasteiger partial charge in [-0.1, -0.05) is 21.9 Å². The van der Waals surface area contributed by atoms with Gasteiger partial charge in [-0.3, -0.25) is 0 Å². The van der Waals surface area contributed by atoms with E-state index in [-0.39, 0.29) is 0 Å². The van der Waals surface area contributed by atoms with Crippen LogP contribution in [0.2, 0.25) is 0 Å². The zero-order chi connectivity index (χ0) is 13.9. The fraction of sp³-hybridized carbons (Fsp3) is 0.529. The van der Waals surface area contributed by atoms with Crippen molar-refractivity contribution in [3.8, 4) is 18.1 Å². The second kappa shape index (κ2) is 6.20. The summed E-state index contributed by atoms with van der Waals surface area (Å²) in [6, 6.07) is 6.81. The molecule has 1 N–H and O–H groups in total. The van der Waals surface area contributed by atoms with E-state index in [0.717, 1.165) is 28.6 Å². The third-order valence-electron chi connectivity index (χ3n) is 4.12. The van der Waals surface area contributed by atoms with Gasteiger partial charge in [-0.15, -0.1) is 6.42 Å². The highest BCUT2D eigenvalue weighted by Gasteiger charge is 2.40. The molecule has 0 spiro atoms. The van der Waals surface area contributed by atoms with Gasteiger partial charge in [0.15, 0.2) is 0 Å². The minimum Gasteiger partial charge on any atom is -0.481 e. The maximum absolute atomic E-state index is 5.63. The van der Waals surface area contributed by atoms with E-state index in [4.69, 9.17) is 11.2 Å². The highest BCUT2D eigenvalue weighted by Crippen LogP contribution is 2.44. The van der Waals surface area contributed by atoms with E-state index in [9.17, 15) is 0 Å². The van der Waals surface area contributed by atoms with Crippen LogP contribution >= 0.6 is 15.9 Å². The molecular formula is C17H20BrNO. The van der Waals surface area contributed by atoms with Crippen molar-refractivity contribution in [1.29, 1.82) is 0 Å². The molecule has 2 aliphatic rings. The second-order valence-electron chi connectivity index (χ2n) is 5.83. The van der Waals surface area contributed by atoms with Crippen LogP contribution in [-0.2, 0) is 6.54 Å². The predicted molar refractivity (Wildman–Crippen MR) is 84.5 cm³/mol. The number of rotatable bonds is 7. The van der Waals surface area contributed by atoms with E-state index in [1.165, 1.54) is 31.2 Å². The third kappa shape index (κ3) is 3.56. The van der Waals surface area contributed by atoms with Crippen molar-refractivity contribution in [2.75, 3.05) is 6.61 Å². The lowest BCUT2D eigenvalue weighted by Gasteiger charge is -2.19. The van der Waals surface area contributed by atoms with Crippen LogP contribution in [0.3, 0.4) is 0 Å². The number of halogens is 1. The van der Waals surface area contributed by atoms with Crippen LogP contribution in [0.4, 0.5) is 0 Å². The van der Waals surface area contributed by atoms with Crippen molar-refractivity contribution in [3.63, 3.8) is 0 Å². The van der Waals surface area contributed by atoms with E-state index in [0.29, 0.717) is 12.6 Å². The summed E-state index contributed by atoms with van der Waals surface area (Å²) in [4.78, 5) is 0. The maximum Gasteiger partial charge on any atom is 0.148 e. The van der Waals surface area contributed by atoms with Crippen molar-refractivity contribution < 1.29 is 4.74 Å². The molecule has 0 atom stereocenters. The molecule has 2 aliphatic carbocycles. The van der Waals surface area contributed by atoms with Gasteiger partial charge in [-0.25, -0.2) is 0 Å². The van der Waals surface area contributed by atoms with Crippen molar-refractivity contribution in [2.45, 2.75) is 38.3 Å². The highest BCUT2D eigenvalue weighted by atomic mass is 79.9. The van der Waals surface area contributed by atoms with Gasteiger partial charge in [-0.2, -0.15) is 0 Å². The molecule has 0 aliphatic heterocycles. The summed E-state index contributed by atoms with van der Waals surface area (Å²) in [5, 5.41) is 3.75. The van der Waals surface area contributed by atoms with E-state index < -0.39 is 0 Å². The average Bonchev–Trinajstić information content (AvgIpc) is 3.31. The summed E-state index contributed by atoms with van der Waals surface area (Å²) < 4.78 is 6.71. The molecule has 3 rings (SSSR count). The first-order valence-electron chi connectivity index (χ1n) is 7.36. The number of terminal acetylenes is 1. The Hall–Kier alpha value is -0.980. The van der Waals surface area contributed by atoms with Gasteiger partial charge in [0.2, 0.25) is 0 Å². The molecule has 106 valence electrons. The summed E-state index contributed by atoms with van der Waals surface area (Å²) in [6.45, 7) is 1.18. The molecular weight excluding hydrogens is 314 g/mol. The molecule has 2 fully saturated rings. The lowest BCUT2D eigenvalue weighted by Crippen LogP contribution is -2.32. The molecule has 0 amide bonds. The van der Waals surface area contributed by atoms with Crippen molar-refractivity contribution in [2.24, 2.45) is 11.8 Å². The van der Waals surface area contributed by atoms with Gasteiger partial charge in [0.1, 0.15) is 12.4 Å². The van der Waals surface area contributed by atoms with Gasteiger partial charge in [-0.05, 0) is 55.7 Å². The molecule has 0 aromatic heterocycles. The standard InChI is InChI=1S/C17H20BrNO/c1-2-9-20-16-8-7-15(18)10-14(16)11-19-17(12-3-4-12)13-5-6-13/h1,7-8,10,12-13,17,19H,3-6,9,11H2. The van der Waals surface area contributed by atoms with Crippen molar-refractivity contribution in [1.82, 2.24) is 5.32 Å². The largest absolute Gasteiger partial charge is 0.481 e. The summed E-state index contributed by atoms with van der Waals surface area (Å²) in [5.74, 6) is 5.23. The van der Waals surface area contributed by atoms with Gasteiger partial charge in [0, 0.05) is 22.6 Å². The van der Waals surface area contributed by atoms with Crippen LogP contribution in [0, 0.1) is 24.2 Å². The van der Waals surface area contributed by atoms with Gasteiger partial charge in [0.25, 0.3) is 0 Å². The molecule has 0 heterocycles. The monoisotopic (exact) mass is 333 g/mol. The van der Waals surface area contributed by atoms with Crippen LogP contribution in [0.25, 0.3) is 0 Å². The van der Waals surface area contributed by atoms with Gasteiger partial charge >= 0.3 is 0 Å². The zero-order valence-corrected chi connectivity index (χ0v) is 13.2. The first-order valence-corrected chi connectivity index (χ1v) is 8.15. The van der Waals surface area contributed by atoms with Crippen LogP contribution in [0.5, 0.6) is 5.75 Å². The molecule has 0 radical (unpaired) electrons. The van der Waals surface area contributed by atoms with Crippen molar-refractivity contribution >= 4 is 15.9 Å². The quantitative estimate of drug-likeness (QED) is 0.767. The SMILES string of the molecule is C#CCOc1ccc(Br)cc1CNC(C1CC1)C1CC1. The normalized spacial score (nSPS) is 18.1. The predicted octanol–water partition coefficient (Wildman–Crippen LogP) is 3.74. The Morgan fingerprint density at radius 2 is 2.00 bits per heavy atom. The van der Waals surface area contributed by atoms with E-state index in [2.05, 4.69) is 33.2 Å². The Morgan fingerprint density at radius 1 is 1.30 bits per heavy atom. The first kappa shape index (κ1) is 14.0. The lowest BCUT2D eigenvalue weighted by atomic mass is 10.1. The minimum absolute atomic E-state index is 0.323. The van der Waals surface area contributed by atoms with Crippen LogP contribution < -0.4 is 10.1 Å². The van der Waals surface area contributed by atoms with Crippen LogP contribution in [0.1, 0.15) is 31.2 Å². The summed E-state index contributed by atoms with van der Waals surface area (Å²) in [5.41, 5.74) is 1.18. The minimum atomic E-state index is 0.323. The molecule has 0 saturated heterocycles.